The first kappa shape index (κ1) is 8.59. The molecule has 0 aromatic carbocycles. The number of rotatable bonds is 1. The minimum Gasteiger partial charge on any atom is -0.198 e. The van der Waals surface area contributed by atoms with E-state index in [4.69, 9.17) is 5.26 Å². The van der Waals surface area contributed by atoms with E-state index in [2.05, 4.69) is 26.8 Å². The zero-order chi connectivity index (χ0) is 8.54. The summed E-state index contributed by atoms with van der Waals surface area (Å²) in [5.41, 5.74) is 0.369. The second-order valence-electron chi connectivity index (χ2n) is 4.98. The zero-order valence-corrected chi connectivity index (χ0v) is 7.78. The molecule has 0 saturated heterocycles. The fourth-order valence-electron chi connectivity index (χ4n) is 1.95. The quantitative estimate of drug-likeness (QED) is 0.565. The van der Waals surface area contributed by atoms with Gasteiger partial charge in [0.1, 0.15) is 0 Å². The van der Waals surface area contributed by atoms with Crippen molar-refractivity contribution >= 4 is 0 Å². The first-order valence-electron chi connectivity index (χ1n) is 4.39. The third-order valence-corrected chi connectivity index (χ3v) is 2.42. The number of nitriles is 1. The molecular formula is C10H17N. The van der Waals surface area contributed by atoms with Crippen molar-refractivity contribution in [2.75, 3.05) is 0 Å². The van der Waals surface area contributed by atoms with E-state index in [1.54, 1.807) is 0 Å². The van der Waals surface area contributed by atoms with E-state index >= 15 is 0 Å². The highest BCUT2D eigenvalue weighted by molar-refractivity contribution is 5.05. The summed E-state index contributed by atoms with van der Waals surface area (Å²) in [6.07, 6.45) is 4.57. The Morgan fingerprint density at radius 3 is 2.00 bits per heavy atom. The Bertz CT molecular complexity index is 176. The van der Waals surface area contributed by atoms with Gasteiger partial charge in [0.15, 0.2) is 0 Å². The molecule has 0 spiro atoms. The molecule has 0 bridgehead atoms. The molecule has 11 heavy (non-hydrogen) atoms. The van der Waals surface area contributed by atoms with Crippen LogP contribution in [0.5, 0.6) is 0 Å². The summed E-state index contributed by atoms with van der Waals surface area (Å²) in [7, 11) is 0. The number of hydrogen-bond donors (Lipinski definition) is 0. The van der Waals surface area contributed by atoms with E-state index in [0.29, 0.717) is 5.41 Å². The lowest BCUT2D eigenvalue weighted by Gasteiger charge is -2.39. The SMILES string of the molecule is CC(C)(C)CC1(C#N)CCC1. The van der Waals surface area contributed by atoms with Gasteiger partial charge in [-0.05, 0) is 24.7 Å². The van der Waals surface area contributed by atoms with Gasteiger partial charge in [-0.3, -0.25) is 0 Å². The minimum atomic E-state index is 0.0538. The Morgan fingerprint density at radius 1 is 1.36 bits per heavy atom. The van der Waals surface area contributed by atoms with Crippen LogP contribution in [0.15, 0.2) is 0 Å². The molecular weight excluding hydrogens is 134 g/mol. The van der Waals surface area contributed by atoms with Crippen molar-refractivity contribution in [3.8, 4) is 6.07 Å². The van der Waals surface area contributed by atoms with Gasteiger partial charge in [0, 0.05) is 0 Å². The monoisotopic (exact) mass is 151 g/mol. The van der Waals surface area contributed by atoms with E-state index in [0.717, 1.165) is 19.3 Å². The average molecular weight is 151 g/mol. The van der Waals surface area contributed by atoms with Crippen LogP contribution in [-0.2, 0) is 0 Å². The van der Waals surface area contributed by atoms with Crippen LogP contribution in [-0.4, -0.2) is 0 Å². The largest absolute Gasteiger partial charge is 0.198 e. The lowest BCUT2D eigenvalue weighted by molar-refractivity contribution is 0.133. The van der Waals surface area contributed by atoms with Crippen molar-refractivity contribution < 1.29 is 0 Å². The molecule has 1 aliphatic carbocycles. The smallest absolute Gasteiger partial charge is 0.0689 e. The molecule has 0 heterocycles. The van der Waals surface area contributed by atoms with Crippen molar-refractivity contribution in [2.45, 2.75) is 46.5 Å². The van der Waals surface area contributed by atoms with E-state index in [1.807, 2.05) is 0 Å². The maximum absolute atomic E-state index is 8.95. The normalized spacial score (nSPS) is 22.0. The molecule has 1 heteroatoms. The molecule has 0 aromatic rings. The van der Waals surface area contributed by atoms with Crippen molar-refractivity contribution in [3.63, 3.8) is 0 Å². The molecule has 0 N–H and O–H groups in total. The van der Waals surface area contributed by atoms with Crippen LogP contribution in [0, 0.1) is 22.2 Å². The average Bonchev–Trinajstić information content (AvgIpc) is 1.77. The van der Waals surface area contributed by atoms with Gasteiger partial charge in [0.2, 0.25) is 0 Å². The molecule has 0 amide bonds. The summed E-state index contributed by atoms with van der Waals surface area (Å²) in [5, 5.41) is 8.95. The number of hydrogen-bond acceptors (Lipinski definition) is 1. The fourth-order valence-corrected chi connectivity index (χ4v) is 1.95. The third-order valence-electron chi connectivity index (χ3n) is 2.42. The van der Waals surface area contributed by atoms with E-state index in [1.165, 1.54) is 6.42 Å². The summed E-state index contributed by atoms with van der Waals surface area (Å²) >= 11 is 0. The van der Waals surface area contributed by atoms with Gasteiger partial charge in [0.25, 0.3) is 0 Å². The van der Waals surface area contributed by atoms with Crippen LogP contribution in [0.1, 0.15) is 46.5 Å². The summed E-state index contributed by atoms with van der Waals surface area (Å²) in [4.78, 5) is 0. The highest BCUT2D eigenvalue weighted by Crippen LogP contribution is 2.48. The molecule has 1 aliphatic rings. The first-order chi connectivity index (χ1) is 4.97. The standard InChI is InChI=1S/C10H17N/c1-9(2,3)7-10(8-11)5-4-6-10/h4-7H2,1-3H3. The Morgan fingerprint density at radius 2 is 1.91 bits per heavy atom. The Hall–Kier alpha value is -0.510. The Kier molecular flexibility index (Phi) is 1.96. The summed E-state index contributed by atoms with van der Waals surface area (Å²) < 4.78 is 0. The molecule has 0 unspecified atom stereocenters. The van der Waals surface area contributed by atoms with Crippen molar-refractivity contribution in [1.29, 1.82) is 5.26 Å². The summed E-state index contributed by atoms with van der Waals surface area (Å²) in [5.74, 6) is 0. The molecule has 62 valence electrons. The van der Waals surface area contributed by atoms with Gasteiger partial charge in [-0.2, -0.15) is 5.26 Å². The third kappa shape index (κ3) is 1.96. The predicted octanol–water partition coefficient (Wildman–Crippen LogP) is 3.12. The van der Waals surface area contributed by atoms with Gasteiger partial charge in [0.05, 0.1) is 11.5 Å². The lowest BCUT2D eigenvalue weighted by atomic mass is 9.62. The second-order valence-corrected chi connectivity index (χ2v) is 4.98. The van der Waals surface area contributed by atoms with Crippen LogP contribution in [0.4, 0.5) is 0 Å². The van der Waals surface area contributed by atoms with Gasteiger partial charge in [-0.25, -0.2) is 0 Å². The second kappa shape index (κ2) is 2.52. The van der Waals surface area contributed by atoms with Gasteiger partial charge >= 0.3 is 0 Å². The maximum atomic E-state index is 8.95. The Labute approximate surface area is 69.4 Å². The van der Waals surface area contributed by atoms with Gasteiger partial charge < -0.3 is 0 Å². The van der Waals surface area contributed by atoms with Crippen LogP contribution in [0.2, 0.25) is 0 Å². The fraction of sp³-hybridized carbons (Fsp3) is 0.900. The van der Waals surface area contributed by atoms with Crippen LogP contribution >= 0.6 is 0 Å². The lowest BCUT2D eigenvalue weighted by Crippen LogP contribution is -2.32. The molecule has 0 aliphatic heterocycles. The summed E-state index contributed by atoms with van der Waals surface area (Å²) in [6, 6.07) is 2.47. The van der Waals surface area contributed by atoms with E-state index in [-0.39, 0.29) is 5.41 Å². The van der Waals surface area contributed by atoms with Crippen molar-refractivity contribution in [2.24, 2.45) is 10.8 Å². The van der Waals surface area contributed by atoms with Crippen LogP contribution in [0.3, 0.4) is 0 Å². The molecule has 0 aromatic heterocycles. The molecule has 0 atom stereocenters. The first-order valence-corrected chi connectivity index (χ1v) is 4.39. The molecule has 1 nitrogen and oxygen atoms in total. The molecule has 1 saturated carbocycles. The van der Waals surface area contributed by atoms with Crippen molar-refractivity contribution in [3.05, 3.63) is 0 Å². The van der Waals surface area contributed by atoms with E-state index in [9.17, 15) is 0 Å². The van der Waals surface area contributed by atoms with Gasteiger partial charge in [-0.15, -0.1) is 0 Å². The zero-order valence-electron chi connectivity index (χ0n) is 7.78. The van der Waals surface area contributed by atoms with E-state index < -0.39 is 0 Å². The maximum Gasteiger partial charge on any atom is 0.0689 e. The Balaban J connectivity index is 2.54. The van der Waals surface area contributed by atoms with Crippen LogP contribution < -0.4 is 0 Å². The molecule has 1 rings (SSSR count). The molecule has 1 fully saturated rings. The molecule has 0 radical (unpaired) electrons. The van der Waals surface area contributed by atoms with Crippen molar-refractivity contribution in [1.82, 2.24) is 0 Å². The van der Waals surface area contributed by atoms with Crippen LogP contribution in [0.25, 0.3) is 0 Å². The predicted molar refractivity (Wildman–Crippen MR) is 46.0 cm³/mol. The highest BCUT2D eigenvalue weighted by atomic mass is 14.5. The summed E-state index contributed by atoms with van der Waals surface area (Å²) in [6.45, 7) is 6.64. The minimum absolute atomic E-state index is 0.0538. The number of nitrogens with zero attached hydrogens (tertiary/aromatic N) is 1. The highest BCUT2D eigenvalue weighted by Gasteiger charge is 2.40. The topological polar surface area (TPSA) is 23.8 Å². The van der Waals surface area contributed by atoms with Gasteiger partial charge in [-0.1, -0.05) is 27.2 Å².